The number of aromatic nitrogens is 1. The van der Waals surface area contributed by atoms with E-state index >= 15 is 0 Å². The van der Waals surface area contributed by atoms with Gasteiger partial charge in [-0.15, -0.1) is 0 Å². The van der Waals surface area contributed by atoms with Gasteiger partial charge in [-0.05, 0) is 0 Å². The lowest BCUT2D eigenvalue weighted by molar-refractivity contribution is -0.141. The number of H-pyrrole nitrogens is 1. The molecule has 0 amide bonds. The topological polar surface area (TPSA) is 42.1 Å². The summed E-state index contributed by atoms with van der Waals surface area (Å²) in [7, 11) is 0.904. The highest BCUT2D eigenvalue weighted by atomic mass is 19.4. The van der Waals surface area contributed by atoms with Crippen LogP contribution in [0, 0.1) is 0 Å². The second kappa shape index (κ2) is 4.11. The molecule has 16 heavy (non-hydrogen) atoms. The summed E-state index contributed by atoms with van der Waals surface area (Å²) in [5.41, 5.74) is -4.06. The van der Waals surface area contributed by atoms with Crippen molar-refractivity contribution in [1.82, 2.24) is 4.98 Å². The number of aromatic amines is 1. The van der Waals surface area contributed by atoms with E-state index in [1.54, 1.807) is 0 Å². The number of methoxy groups -OCH3 is 1. The van der Waals surface area contributed by atoms with E-state index < -0.39 is 35.2 Å². The molecule has 8 heteroatoms. The fraction of sp³-hybridized carbons (Fsp3) is 0.375. The van der Waals surface area contributed by atoms with E-state index in [0.717, 1.165) is 7.11 Å². The Hall–Kier alpha value is -1.60. The number of hydrogen-bond donors (Lipinski definition) is 1. The molecule has 0 bridgehead atoms. The summed E-state index contributed by atoms with van der Waals surface area (Å²) in [6, 6.07) is 0.322. The Bertz CT molecular complexity index is 437. The first-order valence-electron chi connectivity index (χ1n) is 3.94. The van der Waals surface area contributed by atoms with Crippen LogP contribution in [0.2, 0.25) is 0 Å². The van der Waals surface area contributed by atoms with Gasteiger partial charge in [-0.2, -0.15) is 13.2 Å². The number of hydrogen-bond acceptors (Lipinski definition) is 2. The number of ether oxygens (including phenoxy) is 1. The summed E-state index contributed by atoms with van der Waals surface area (Å²) in [6.07, 6.45) is -8.03. The van der Waals surface area contributed by atoms with Crippen LogP contribution in [0.1, 0.15) is 17.7 Å². The summed E-state index contributed by atoms with van der Waals surface area (Å²) < 4.78 is 65.6. The van der Waals surface area contributed by atoms with E-state index in [1.807, 2.05) is 0 Å². The first kappa shape index (κ1) is 12.5. The van der Waals surface area contributed by atoms with Gasteiger partial charge in [-0.1, -0.05) is 0 Å². The summed E-state index contributed by atoms with van der Waals surface area (Å²) >= 11 is 0. The van der Waals surface area contributed by atoms with Crippen molar-refractivity contribution in [1.29, 1.82) is 0 Å². The van der Waals surface area contributed by atoms with Crippen LogP contribution >= 0.6 is 0 Å². The van der Waals surface area contributed by atoms with Gasteiger partial charge in [0, 0.05) is 6.07 Å². The Morgan fingerprint density at radius 2 is 1.94 bits per heavy atom. The molecule has 3 nitrogen and oxygen atoms in total. The molecule has 0 saturated carbocycles. The van der Waals surface area contributed by atoms with E-state index in [9.17, 15) is 26.7 Å². The van der Waals surface area contributed by atoms with Gasteiger partial charge >= 0.3 is 6.18 Å². The Kier molecular flexibility index (Phi) is 3.20. The van der Waals surface area contributed by atoms with Gasteiger partial charge in [0.1, 0.15) is 17.0 Å². The molecule has 0 radical (unpaired) electrons. The SMILES string of the molecule is COc1cc(C(F)(F)F)[nH]c(=O)c1C(F)F. The highest BCUT2D eigenvalue weighted by Gasteiger charge is 2.34. The largest absolute Gasteiger partial charge is 0.496 e. The molecule has 1 rings (SSSR count). The van der Waals surface area contributed by atoms with Gasteiger partial charge in [-0.3, -0.25) is 4.79 Å². The normalized spacial score (nSPS) is 11.9. The van der Waals surface area contributed by atoms with Crippen molar-refractivity contribution in [2.75, 3.05) is 7.11 Å². The summed E-state index contributed by atoms with van der Waals surface area (Å²) in [5, 5.41) is 0. The Balaban J connectivity index is 3.45. The number of rotatable bonds is 2. The van der Waals surface area contributed by atoms with E-state index in [2.05, 4.69) is 4.74 Å². The molecule has 0 aliphatic carbocycles. The number of nitrogens with one attached hydrogen (secondary N) is 1. The van der Waals surface area contributed by atoms with E-state index in [0.29, 0.717) is 6.07 Å². The molecule has 0 atom stereocenters. The highest BCUT2D eigenvalue weighted by Crippen LogP contribution is 2.32. The minimum atomic E-state index is -4.83. The van der Waals surface area contributed by atoms with Gasteiger partial charge in [0.25, 0.3) is 12.0 Å². The molecule has 1 heterocycles. The summed E-state index contributed by atoms with van der Waals surface area (Å²) in [5.74, 6) is -0.786. The second-order valence-electron chi connectivity index (χ2n) is 2.79. The molecule has 0 aliphatic heterocycles. The van der Waals surface area contributed by atoms with Gasteiger partial charge in [0.2, 0.25) is 0 Å². The van der Waals surface area contributed by atoms with Gasteiger partial charge in [-0.25, -0.2) is 8.78 Å². The summed E-state index contributed by atoms with van der Waals surface area (Å²) in [4.78, 5) is 12.3. The molecule has 1 N–H and O–H groups in total. The molecule has 1 aromatic rings. The zero-order valence-electron chi connectivity index (χ0n) is 7.86. The van der Waals surface area contributed by atoms with E-state index in [4.69, 9.17) is 0 Å². The maximum atomic E-state index is 12.3. The van der Waals surface area contributed by atoms with Crippen LogP contribution in [0.5, 0.6) is 5.75 Å². The Morgan fingerprint density at radius 1 is 1.38 bits per heavy atom. The third-order valence-corrected chi connectivity index (χ3v) is 1.78. The minimum absolute atomic E-state index is 0.322. The average Bonchev–Trinajstić information content (AvgIpc) is 2.14. The van der Waals surface area contributed by atoms with Crippen molar-refractivity contribution in [3.63, 3.8) is 0 Å². The molecular weight excluding hydrogens is 237 g/mol. The number of halogens is 5. The van der Waals surface area contributed by atoms with Crippen LogP contribution in [0.3, 0.4) is 0 Å². The smallest absolute Gasteiger partial charge is 0.431 e. The van der Waals surface area contributed by atoms with Crippen molar-refractivity contribution in [2.24, 2.45) is 0 Å². The van der Waals surface area contributed by atoms with E-state index in [1.165, 1.54) is 4.98 Å². The molecule has 90 valence electrons. The van der Waals surface area contributed by atoms with Crippen molar-refractivity contribution in [2.45, 2.75) is 12.6 Å². The molecule has 0 aromatic carbocycles. The van der Waals surface area contributed by atoms with E-state index in [-0.39, 0.29) is 0 Å². The van der Waals surface area contributed by atoms with Crippen LogP contribution in [-0.4, -0.2) is 12.1 Å². The standard InChI is InChI=1S/C8H6F5NO2/c1-16-3-2-4(8(11,12)13)14-7(15)5(3)6(9)10/h2,6H,1H3,(H,14,15). The third-order valence-electron chi connectivity index (χ3n) is 1.78. The molecular formula is C8H6F5NO2. The third kappa shape index (κ3) is 2.31. The lowest BCUT2D eigenvalue weighted by atomic mass is 10.2. The molecule has 0 saturated heterocycles. The monoisotopic (exact) mass is 243 g/mol. The van der Waals surface area contributed by atoms with Gasteiger partial charge in [0.15, 0.2) is 0 Å². The quantitative estimate of drug-likeness (QED) is 0.810. The Morgan fingerprint density at radius 3 is 2.31 bits per heavy atom. The maximum Gasteiger partial charge on any atom is 0.431 e. The fourth-order valence-corrected chi connectivity index (χ4v) is 1.07. The average molecular weight is 243 g/mol. The maximum absolute atomic E-state index is 12.3. The minimum Gasteiger partial charge on any atom is -0.496 e. The molecule has 0 spiro atoms. The van der Waals surface area contributed by atoms with Crippen LogP contribution in [0.15, 0.2) is 10.9 Å². The van der Waals surface area contributed by atoms with Crippen molar-refractivity contribution in [3.8, 4) is 5.75 Å². The van der Waals surface area contributed by atoms with Crippen molar-refractivity contribution < 1.29 is 26.7 Å². The van der Waals surface area contributed by atoms with Crippen molar-refractivity contribution >= 4 is 0 Å². The Labute approximate surface area is 85.8 Å². The molecule has 0 fully saturated rings. The predicted molar refractivity (Wildman–Crippen MR) is 43.6 cm³/mol. The molecule has 1 aromatic heterocycles. The van der Waals surface area contributed by atoms with Gasteiger partial charge in [0.05, 0.1) is 7.11 Å². The zero-order valence-corrected chi connectivity index (χ0v) is 7.86. The highest BCUT2D eigenvalue weighted by molar-refractivity contribution is 5.34. The van der Waals surface area contributed by atoms with Crippen LogP contribution < -0.4 is 10.3 Å². The lowest BCUT2D eigenvalue weighted by Gasteiger charge is -2.11. The van der Waals surface area contributed by atoms with Gasteiger partial charge < -0.3 is 9.72 Å². The fourth-order valence-electron chi connectivity index (χ4n) is 1.07. The van der Waals surface area contributed by atoms with Crippen LogP contribution in [0.4, 0.5) is 22.0 Å². The first-order valence-corrected chi connectivity index (χ1v) is 3.94. The second-order valence-corrected chi connectivity index (χ2v) is 2.79. The van der Waals surface area contributed by atoms with Crippen molar-refractivity contribution in [3.05, 3.63) is 27.7 Å². The zero-order chi connectivity index (χ0) is 12.5. The summed E-state index contributed by atoms with van der Waals surface area (Å²) in [6.45, 7) is 0. The predicted octanol–water partition coefficient (Wildman–Crippen LogP) is 2.34. The lowest BCUT2D eigenvalue weighted by Crippen LogP contribution is -2.21. The van der Waals surface area contributed by atoms with Crippen LogP contribution in [-0.2, 0) is 6.18 Å². The first-order chi connectivity index (χ1) is 7.27. The molecule has 0 aliphatic rings. The van der Waals surface area contributed by atoms with Crippen LogP contribution in [0.25, 0.3) is 0 Å². The number of pyridine rings is 1. The number of alkyl halides is 5. The molecule has 0 unspecified atom stereocenters.